The highest BCUT2D eigenvalue weighted by atomic mass is 32.2. The minimum atomic E-state index is -3.40. The normalized spacial score (nSPS) is 14.7. The van der Waals surface area contributed by atoms with E-state index < -0.39 is 10.0 Å². The summed E-state index contributed by atoms with van der Waals surface area (Å²) in [6.07, 6.45) is 2.98. The Morgan fingerprint density at radius 1 is 0.816 bits per heavy atom. The fourth-order valence-corrected chi connectivity index (χ4v) is 5.49. The lowest BCUT2D eigenvalue weighted by atomic mass is 10.2. The fraction of sp³-hybridized carbons (Fsp3) is 0.214. The molecule has 3 heterocycles. The summed E-state index contributed by atoms with van der Waals surface area (Å²) in [7, 11) is -1.25. The Kier molecular flexibility index (Phi) is 6.13. The molecule has 0 amide bonds. The first-order valence-electron chi connectivity index (χ1n) is 12.5. The molecular formula is C28H29N7O2S. The minimum absolute atomic E-state index is 0.485. The summed E-state index contributed by atoms with van der Waals surface area (Å²) in [5.41, 5.74) is 5.10. The lowest BCUT2D eigenvalue weighted by Crippen LogP contribution is -2.44. The summed E-state index contributed by atoms with van der Waals surface area (Å²) in [6.45, 7) is 4.17. The Morgan fingerprint density at radius 2 is 1.58 bits per heavy atom. The van der Waals surface area contributed by atoms with Crippen molar-refractivity contribution in [2.75, 3.05) is 54.4 Å². The monoisotopic (exact) mass is 527 g/mol. The van der Waals surface area contributed by atoms with Gasteiger partial charge in [-0.15, -0.1) is 0 Å². The van der Waals surface area contributed by atoms with Gasteiger partial charge in [0, 0.05) is 60.2 Å². The lowest BCUT2D eigenvalue weighted by molar-refractivity contribution is 0.313. The molecule has 0 atom stereocenters. The molecule has 2 aromatic heterocycles. The van der Waals surface area contributed by atoms with Gasteiger partial charge >= 0.3 is 0 Å². The summed E-state index contributed by atoms with van der Waals surface area (Å²) >= 11 is 0. The second-order valence-electron chi connectivity index (χ2n) is 9.67. The van der Waals surface area contributed by atoms with Crippen LogP contribution in [0.4, 0.5) is 23.0 Å². The van der Waals surface area contributed by atoms with Crippen molar-refractivity contribution in [1.82, 2.24) is 19.4 Å². The van der Waals surface area contributed by atoms with Crippen molar-refractivity contribution in [3.63, 3.8) is 0 Å². The van der Waals surface area contributed by atoms with Crippen LogP contribution in [0.1, 0.15) is 0 Å². The molecule has 10 heteroatoms. The maximum atomic E-state index is 11.8. The molecule has 5 aromatic rings. The number of rotatable bonds is 6. The molecule has 0 aliphatic carbocycles. The fourth-order valence-electron chi connectivity index (χ4n) is 4.94. The highest BCUT2D eigenvalue weighted by Gasteiger charge is 2.16. The van der Waals surface area contributed by atoms with Crippen LogP contribution >= 0.6 is 0 Å². The number of hydrogen-bond donors (Lipinski definition) is 2. The van der Waals surface area contributed by atoms with Gasteiger partial charge in [0.2, 0.25) is 16.0 Å². The molecule has 0 spiro atoms. The number of benzene rings is 3. The number of hydrogen-bond acceptors (Lipinski definition) is 7. The van der Waals surface area contributed by atoms with Crippen molar-refractivity contribution < 1.29 is 8.42 Å². The van der Waals surface area contributed by atoms with Crippen molar-refractivity contribution in [1.29, 1.82) is 0 Å². The summed E-state index contributed by atoms with van der Waals surface area (Å²) in [6, 6.07) is 23.7. The Bertz CT molecular complexity index is 1720. The molecule has 0 radical (unpaired) electrons. The van der Waals surface area contributed by atoms with Crippen LogP contribution in [0.2, 0.25) is 0 Å². The average molecular weight is 528 g/mol. The molecule has 2 N–H and O–H groups in total. The summed E-state index contributed by atoms with van der Waals surface area (Å²) in [5, 5.41) is 5.28. The second-order valence-corrected chi connectivity index (χ2v) is 11.4. The Hall–Kier alpha value is -4.15. The van der Waals surface area contributed by atoms with E-state index in [2.05, 4.69) is 56.1 Å². The molecule has 6 rings (SSSR count). The SMILES string of the molecule is CN1CCN(c2ccc(Nc3ncc4c5ccccc5n(-c5cccc(NS(C)(=O)=O)c5)c4n3)cc2)CC1. The molecule has 1 aliphatic heterocycles. The average Bonchev–Trinajstić information content (AvgIpc) is 3.22. The lowest BCUT2D eigenvalue weighted by Gasteiger charge is -2.34. The number of fused-ring (bicyclic) bond motifs is 3. The maximum absolute atomic E-state index is 11.8. The molecule has 1 aliphatic rings. The number of nitrogens with zero attached hydrogens (tertiary/aromatic N) is 5. The van der Waals surface area contributed by atoms with Crippen LogP contribution in [0.25, 0.3) is 27.6 Å². The molecule has 3 aromatic carbocycles. The maximum Gasteiger partial charge on any atom is 0.229 e. The van der Waals surface area contributed by atoms with Crippen LogP contribution in [0.3, 0.4) is 0 Å². The molecule has 38 heavy (non-hydrogen) atoms. The quantitative estimate of drug-likeness (QED) is 0.337. The van der Waals surface area contributed by atoms with Gasteiger partial charge in [-0.3, -0.25) is 9.29 Å². The Morgan fingerprint density at radius 3 is 2.34 bits per heavy atom. The topological polar surface area (TPSA) is 95.4 Å². The highest BCUT2D eigenvalue weighted by Crippen LogP contribution is 2.32. The van der Waals surface area contributed by atoms with Gasteiger partial charge < -0.3 is 15.1 Å². The van der Waals surface area contributed by atoms with E-state index in [0.717, 1.165) is 65.7 Å². The van der Waals surface area contributed by atoms with Crippen molar-refractivity contribution in [3.05, 3.63) is 79.0 Å². The van der Waals surface area contributed by atoms with E-state index in [4.69, 9.17) is 4.98 Å². The zero-order chi connectivity index (χ0) is 26.3. The molecular weight excluding hydrogens is 498 g/mol. The standard InChI is InChI=1S/C28H29N7O2S/c1-33-14-16-34(17-15-33)22-12-10-20(11-13-22)30-28-29-19-25-24-8-3-4-9-26(24)35(27(25)31-28)23-7-5-6-21(18-23)32-38(2,36)37/h3-13,18-19,32H,14-17H2,1-2H3,(H,29,30,31). The molecule has 9 nitrogen and oxygen atoms in total. The van der Waals surface area contributed by atoms with Crippen LogP contribution in [-0.2, 0) is 10.0 Å². The van der Waals surface area contributed by atoms with E-state index in [9.17, 15) is 8.42 Å². The number of para-hydroxylation sites is 1. The smallest absolute Gasteiger partial charge is 0.229 e. The van der Waals surface area contributed by atoms with Crippen LogP contribution in [0, 0.1) is 0 Å². The predicted molar refractivity (Wildman–Crippen MR) is 154 cm³/mol. The number of nitrogens with one attached hydrogen (secondary N) is 2. The summed E-state index contributed by atoms with van der Waals surface area (Å²) < 4.78 is 28.2. The molecule has 0 saturated carbocycles. The third kappa shape index (κ3) is 4.88. The van der Waals surface area contributed by atoms with Crippen molar-refractivity contribution in [2.24, 2.45) is 0 Å². The van der Waals surface area contributed by atoms with Crippen molar-refractivity contribution in [3.8, 4) is 5.69 Å². The van der Waals surface area contributed by atoms with Crippen LogP contribution in [0.5, 0.6) is 0 Å². The first kappa shape index (κ1) is 24.2. The zero-order valence-electron chi connectivity index (χ0n) is 21.3. The summed E-state index contributed by atoms with van der Waals surface area (Å²) in [5.74, 6) is 0.485. The molecule has 1 saturated heterocycles. The molecule has 0 unspecified atom stereocenters. The third-order valence-electron chi connectivity index (χ3n) is 6.82. The van der Waals surface area contributed by atoms with Gasteiger partial charge in [0.25, 0.3) is 0 Å². The van der Waals surface area contributed by atoms with Gasteiger partial charge in [-0.25, -0.2) is 13.4 Å². The van der Waals surface area contributed by atoms with Gasteiger partial charge in [-0.2, -0.15) is 4.98 Å². The van der Waals surface area contributed by atoms with Gasteiger partial charge in [-0.1, -0.05) is 24.3 Å². The first-order valence-corrected chi connectivity index (χ1v) is 14.4. The van der Waals surface area contributed by atoms with E-state index in [0.29, 0.717) is 11.6 Å². The van der Waals surface area contributed by atoms with E-state index in [1.807, 2.05) is 47.2 Å². The van der Waals surface area contributed by atoms with E-state index in [1.54, 1.807) is 12.1 Å². The van der Waals surface area contributed by atoms with Crippen molar-refractivity contribution >= 4 is 55.0 Å². The van der Waals surface area contributed by atoms with Gasteiger partial charge in [0.05, 0.1) is 17.5 Å². The molecule has 194 valence electrons. The number of aromatic nitrogens is 3. The van der Waals surface area contributed by atoms with Crippen LogP contribution < -0.4 is 14.9 Å². The third-order valence-corrected chi connectivity index (χ3v) is 7.42. The van der Waals surface area contributed by atoms with Crippen LogP contribution in [0.15, 0.2) is 79.0 Å². The Balaban J connectivity index is 1.36. The predicted octanol–water partition coefficient (Wildman–Crippen LogP) is 4.44. The highest BCUT2D eigenvalue weighted by molar-refractivity contribution is 7.92. The van der Waals surface area contributed by atoms with E-state index in [-0.39, 0.29) is 0 Å². The number of piperazine rings is 1. The Labute approximate surface area is 221 Å². The van der Waals surface area contributed by atoms with Crippen molar-refractivity contribution in [2.45, 2.75) is 0 Å². The number of likely N-dealkylation sites (N-methyl/N-ethyl adjacent to an activating group) is 1. The molecule has 0 bridgehead atoms. The largest absolute Gasteiger partial charge is 0.369 e. The second kappa shape index (κ2) is 9.62. The van der Waals surface area contributed by atoms with E-state index >= 15 is 0 Å². The number of sulfonamides is 1. The van der Waals surface area contributed by atoms with Gasteiger partial charge in [0.15, 0.2) is 5.65 Å². The van der Waals surface area contributed by atoms with Gasteiger partial charge in [0.1, 0.15) is 0 Å². The first-order chi connectivity index (χ1) is 18.3. The minimum Gasteiger partial charge on any atom is -0.369 e. The van der Waals surface area contributed by atoms with Crippen LogP contribution in [-0.4, -0.2) is 67.3 Å². The number of anilines is 4. The van der Waals surface area contributed by atoms with E-state index in [1.165, 1.54) is 5.69 Å². The summed E-state index contributed by atoms with van der Waals surface area (Å²) in [4.78, 5) is 14.2. The zero-order valence-corrected chi connectivity index (χ0v) is 22.1. The molecule has 1 fully saturated rings. The van der Waals surface area contributed by atoms with Gasteiger partial charge in [-0.05, 0) is 55.6 Å².